The molecule has 210 valence electrons. The van der Waals surface area contributed by atoms with Crippen LogP contribution in [-0.2, 0) is 27.9 Å². The highest BCUT2D eigenvalue weighted by atomic mass is 35.5. The number of halogens is 1. The number of carbonyl (C=O) groups is 3. The van der Waals surface area contributed by atoms with Crippen molar-refractivity contribution in [3.8, 4) is 0 Å². The summed E-state index contributed by atoms with van der Waals surface area (Å²) in [6.07, 6.45) is 2.29. The first-order valence-electron chi connectivity index (χ1n) is 12.1. The molecule has 2 aromatic carbocycles. The second-order valence-corrected chi connectivity index (χ2v) is 11.2. The smallest absolute Gasteiger partial charge is 0.343 e. The van der Waals surface area contributed by atoms with E-state index < -0.39 is 34.0 Å². The Morgan fingerprint density at radius 2 is 1.61 bits per heavy atom. The largest absolute Gasteiger partial charge is 0.490 e. The third-order valence-corrected chi connectivity index (χ3v) is 8.07. The highest BCUT2D eigenvalue weighted by Gasteiger charge is 2.26. The molecular weight excluding hydrogens is 572 g/mol. The predicted octanol–water partition coefficient (Wildman–Crippen LogP) is 2.16. The topological polar surface area (TPSA) is 161 Å². The number of hydrogen-bond donors (Lipinski definition) is 2. The number of aliphatic carboxylic acids is 1. The number of nitrogens with zero attached hydrogens (tertiary/aromatic N) is 3. The molecule has 1 amide bonds. The number of carboxylic acid groups (broad SMARTS) is 2. The van der Waals surface area contributed by atoms with E-state index in [-0.39, 0.29) is 29.1 Å². The van der Waals surface area contributed by atoms with Gasteiger partial charge in [-0.3, -0.25) is 9.78 Å². The maximum Gasteiger partial charge on any atom is 0.343 e. The molecule has 0 radical (unpaired) electrons. The van der Waals surface area contributed by atoms with Crippen LogP contribution in [0.1, 0.15) is 33.2 Å². The van der Waals surface area contributed by atoms with E-state index in [0.29, 0.717) is 16.3 Å². The second kappa shape index (κ2) is 12.7. The Kier molecular flexibility index (Phi) is 9.07. The molecule has 0 bridgehead atoms. The molecule has 1 atom stereocenters. The molecule has 11 nitrogen and oxygen atoms in total. The summed E-state index contributed by atoms with van der Waals surface area (Å²) in [5, 5.41) is 23.4. The van der Waals surface area contributed by atoms with Gasteiger partial charge in [-0.1, -0.05) is 29.8 Å². The molecule has 0 aliphatic heterocycles. The number of carboxylic acids is 1. The zero-order valence-electron chi connectivity index (χ0n) is 21.3. The minimum absolute atomic E-state index is 0.0106. The van der Waals surface area contributed by atoms with Gasteiger partial charge in [-0.15, -0.1) is 0 Å². The Morgan fingerprint density at radius 1 is 0.951 bits per heavy atom. The standard InChI is InChI=1S/C28H23ClN4O7S/c29-22-8-10-24(11-9-22)41(39,40)33(18-23-3-1-2-14-30-23)17-19-4-6-21(7-5-19)26(34)31-25(27(35)36)20-12-15-32(16-13-20)28(37)38/h1-16,25H,17-18H2,(H2-,31,34,35,36,37,38). The van der Waals surface area contributed by atoms with E-state index in [2.05, 4.69) is 10.3 Å². The first kappa shape index (κ1) is 29.3. The molecule has 1 unspecified atom stereocenters. The molecule has 2 aromatic heterocycles. The molecule has 0 spiro atoms. The van der Waals surface area contributed by atoms with Gasteiger partial charge in [0.1, 0.15) is 0 Å². The summed E-state index contributed by atoms with van der Waals surface area (Å²) in [5.41, 5.74) is 1.39. The lowest BCUT2D eigenvalue weighted by Crippen LogP contribution is -2.51. The molecule has 4 rings (SSSR count). The van der Waals surface area contributed by atoms with Crippen molar-refractivity contribution in [3.63, 3.8) is 0 Å². The Hall–Kier alpha value is -4.65. The fourth-order valence-electron chi connectivity index (χ4n) is 3.87. The van der Waals surface area contributed by atoms with E-state index in [9.17, 15) is 33.0 Å². The minimum Gasteiger partial charge on any atom is -0.490 e. The Morgan fingerprint density at radius 3 is 2.17 bits per heavy atom. The normalized spacial score (nSPS) is 12.0. The van der Waals surface area contributed by atoms with Crippen molar-refractivity contribution in [1.82, 2.24) is 14.6 Å². The van der Waals surface area contributed by atoms with Crippen molar-refractivity contribution < 1.29 is 37.6 Å². The summed E-state index contributed by atoms with van der Waals surface area (Å²) in [7, 11) is -3.96. The molecule has 0 aliphatic rings. The molecule has 4 aromatic rings. The van der Waals surface area contributed by atoms with E-state index in [4.69, 9.17) is 11.6 Å². The number of amides is 1. The maximum atomic E-state index is 13.5. The van der Waals surface area contributed by atoms with Crippen LogP contribution in [0.3, 0.4) is 0 Å². The van der Waals surface area contributed by atoms with Crippen LogP contribution in [0, 0.1) is 0 Å². The average molecular weight is 595 g/mol. The number of aromatic nitrogens is 2. The average Bonchev–Trinajstić information content (AvgIpc) is 2.96. The molecule has 0 fully saturated rings. The van der Waals surface area contributed by atoms with Gasteiger partial charge in [0.05, 0.1) is 17.1 Å². The molecule has 13 heteroatoms. The number of hydrogen-bond acceptors (Lipinski definition) is 7. The van der Waals surface area contributed by atoms with Crippen molar-refractivity contribution >= 4 is 39.6 Å². The maximum absolute atomic E-state index is 13.5. The highest BCUT2D eigenvalue weighted by Crippen LogP contribution is 2.23. The Balaban J connectivity index is 1.53. The third kappa shape index (κ3) is 7.31. The molecule has 41 heavy (non-hydrogen) atoms. The van der Waals surface area contributed by atoms with Gasteiger partial charge in [-0.05, 0) is 59.7 Å². The van der Waals surface area contributed by atoms with E-state index in [1.807, 2.05) is 0 Å². The summed E-state index contributed by atoms with van der Waals surface area (Å²) in [6.45, 7) is -0.0486. The molecule has 2 heterocycles. The minimum atomic E-state index is -3.96. The van der Waals surface area contributed by atoms with Crippen molar-refractivity contribution in [2.45, 2.75) is 24.0 Å². The monoisotopic (exact) mass is 594 g/mol. The number of benzene rings is 2. The van der Waals surface area contributed by atoms with Crippen molar-refractivity contribution in [1.29, 1.82) is 0 Å². The lowest BCUT2D eigenvalue weighted by molar-refractivity contribution is -0.631. The summed E-state index contributed by atoms with van der Waals surface area (Å²) < 4.78 is 29.0. The Labute approximate surface area is 240 Å². The van der Waals surface area contributed by atoms with Gasteiger partial charge < -0.3 is 20.3 Å². The van der Waals surface area contributed by atoms with Gasteiger partial charge in [0.2, 0.25) is 10.0 Å². The van der Waals surface area contributed by atoms with E-state index in [0.717, 1.165) is 17.0 Å². The van der Waals surface area contributed by atoms with Crippen LogP contribution in [0.2, 0.25) is 5.02 Å². The summed E-state index contributed by atoms with van der Waals surface area (Å²) >= 11 is 5.93. The fourth-order valence-corrected chi connectivity index (χ4v) is 5.40. The van der Waals surface area contributed by atoms with Gasteiger partial charge in [-0.2, -0.15) is 8.87 Å². The molecule has 0 saturated heterocycles. The van der Waals surface area contributed by atoms with Gasteiger partial charge in [0, 0.05) is 35.5 Å². The van der Waals surface area contributed by atoms with Gasteiger partial charge in [-0.25, -0.2) is 13.2 Å². The molecule has 2 N–H and O–H groups in total. The van der Waals surface area contributed by atoms with Crippen LogP contribution < -0.4 is 15.0 Å². The fraction of sp³-hybridized carbons (Fsp3) is 0.107. The lowest BCUT2D eigenvalue weighted by Gasteiger charge is -2.22. The molecular formula is C28H23ClN4O7S. The van der Waals surface area contributed by atoms with Gasteiger partial charge in [0.25, 0.3) is 5.91 Å². The highest BCUT2D eigenvalue weighted by molar-refractivity contribution is 7.89. The van der Waals surface area contributed by atoms with Crippen molar-refractivity contribution in [3.05, 3.63) is 125 Å². The van der Waals surface area contributed by atoms with Crippen LogP contribution in [0.4, 0.5) is 4.79 Å². The summed E-state index contributed by atoms with van der Waals surface area (Å²) in [5.74, 6) is -2.04. The van der Waals surface area contributed by atoms with Crippen LogP contribution in [0.15, 0.2) is 102 Å². The number of rotatable bonds is 10. The quantitative estimate of drug-likeness (QED) is 0.264. The summed E-state index contributed by atoms with van der Waals surface area (Å²) in [4.78, 5) is 39.9. The summed E-state index contributed by atoms with van der Waals surface area (Å²) in [6, 6.07) is 18.1. The Bertz CT molecular complexity index is 1650. The van der Waals surface area contributed by atoms with E-state index in [1.165, 1.54) is 52.8 Å². The van der Waals surface area contributed by atoms with Gasteiger partial charge >= 0.3 is 12.1 Å². The SMILES string of the molecule is O=C(NC(C(=O)O)c1cc[n+](C(=O)[O-])cc1)c1ccc(CN(Cc2ccccn2)S(=O)(=O)c2ccc(Cl)cc2)cc1. The first-order valence-corrected chi connectivity index (χ1v) is 13.9. The molecule has 0 saturated carbocycles. The first-order chi connectivity index (χ1) is 19.5. The van der Waals surface area contributed by atoms with E-state index in [1.54, 1.807) is 36.5 Å². The number of nitrogens with one attached hydrogen (secondary N) is 1. The zero-order chi connectivity index (χ0) is 29.6. The van der Waals surface area contributed by atoms with Crippen LogP contribution >= 0.6 is 11.6 Å². The number of sulfonamides is 1. The third-order valence-electron chi connectivity index (χ3n) is 6.01. The number of carbonyl (C=O) groups excluding carboxylic acids is 2. The predicted molar refractivity (Wildman–Crippen MR) is 144 cm³/mol. The van der Waals surface area contributed by atoms with Crippen LogP contribution in [0.25, 0.3) is 0 Å². The van der Waals surface area contributed by atoms with E-state index >= 15 is 0 Å². The lowest BCUT2D eigenvalue weighted by atomic mass is 10.1. The molecule has 0 aliphatic carbocycles. The van der Waals surface area contributed by atoms with Crippen LogP contribution in [-0.4, -0.2) is 40.8 Å². The van der Waals surface area contributed by atoms with Crippen molar-refractivity contribution in [2.24, 2.45) is 0 Å². The number of pyridine rings is 2. The van der Waals surface area contributed by atoms with Crippen LogP contribution in [0.5, 0.6) is 0 Å². The van der Waals surface area contributed by atoms with Gasteiger partial charge in [0.15, 0.2) is 18.4 Å². The zero-order valence-corrected chi connectivity index (χ0v) is 22.8. The second-order valence-electron chi connectivity index (χ2n) is 8.79. The van der Waals surface area contributed by atoms with Crippen molar-refractivity contribution in [2.75, 3.05) is 0 Å².